The smallest absolute Gasteiger partial charge is 0.225 e. The highest BCUT2D eigenvalue weighted by molar-refractivity contribution is 5.79. The normalized spacial score (nSPS) is 17.7. The minimum absolute atomic E-state index is 0.00563. The van der Waals surface area contributed by atoms with Crippen LogP contribution in [0.25, 0.3) is 0 Å². The SMILES string of the molecule is Cc1nc([C@H]2CCCN(C(=O)C(C)C)C2)nc(C)c1CC(=O)NC(C)C. The Kier molecular flexibility index (Phi) is 6.73. The molecule has 6 nitrogen and oxygen atoms in total. The molecule has 144 valence electrons. The third-order valence-electron chi connectivity index (χ3n) is 4.82. The Morgan fingerprint density at radius 2 is 1.77 bits per heavy atom. The third-order valence-corrected chi connectivity index (χ3v) is 4.82. The molecule has 0 unspecified atom stereocenters. The van der Waals surface area contributed by atoms with Crippen molar-refractivity contribution in [1.82, 2.24) is 20.2 Å². The molecule has 26 heavy (non-hydrogen) atoms. The van der Waals surface area contributed by atoms with Crippen LogP contribution in [0.3, 0.4) is 0 Å². The summed E-state index contributed by atoms with van der Waals surface area (Å²) < 4.78 is 0. The van der Waals surface area contributed by atoms with E-state index >= 15 is 0 Å². The fourth-order valence-electron chi connectivity index (χ4n) is 3.49. The lowest BCUT2D eigenvalue weighted by molar-refractivity contribution is -0.135. The van der Waals surface area contributed by atoms with Crippen LogP contribution in [0.1, 0.15) is 69.2 Å². The molecule has 1 saturated heterocycles. The van der Waals surface area contributed by atoms with Crippen LogP contribution in [0.2, 0.25) is 0 Å². The maximum Gasteiger partial charge on any atom is 0.225 e. The average molecular weight is 361 g/mol. The van der Waals surface area contributed by atoms with Crippen LogP contribution in [0, 0.1) is 19.8 Å². The number of piperidine rings is 1. The second kappa shape index (κ2) is 8.60. The molecule has 1 N–H and O–H groups in total. The number of rotatable bonds is 5. The molecular formula is C20H32N4O2. The molecule has 0 aliphatic carbocycles. The zero-order chi connectivity index (χ0) is 19.4. The second-order valence-electron chi connectivity index (χ2n) is 7.91. The highest BCUT2D eigenvalue weighted by atomic mass is 16.2. The maximum absolute atomic E-state index is 12.3. The van der Waals surface area contributed by atoms with Crippen molar-refractivity contribution in [3.8, 4) is 0 Å². The van der Waals surface area contributed by atoms with Crippen molar-refractivity contribution >= 4 is 11.8 Å². The standard InChI is InChI=1S/C20H32N4O2/c1-12(2)20(26)24-9-7-8-16(11-24)19-22-14(5)17(15(6)23-19)10-18(25)21-13(3)4/h12-13,16H,7-11H2,1-6H3,(H,21,25)/t16-/m0/s1. The van der Waals surface area contributed by atoms with E-state index < -0.39 is 0 Å². The number of carbonyl (C=O) groups excluding carboxylic acids is 2. The Hall–Kier alpha value is -1.98. The van der Waals surface area contributed by atoms with Gasteiger partial charge in [0, 0.05) is 47.9 Å². The van der Waals surface area contributed by atoms with Crippen LogP contribution in [0.4, 0.5) is 0 Å². The van der Waals surface area contributed by atoms with Gasteiger partial charge < -0.3 is 10.2 Å². The van der Waals surface area contributed by atoms with Crippen LogP contribution in [-0.2, 0) is 16.0 Å². The molecule has 0 spiro atoms. The highest BCUT2D eigenvalue weighted by Gasteiger charge is 2.28. The number of aryl methyl sites for hydroxylation is 2. The molecule has 1 aromatic rings. The van der Waals surface area contributed by atoms with E-state index in [1.807, 2.05) is 46.4 Å². The molecule has 2 heterocycles. The molecule has 0 radical (unpaired) electrons. The summed E-state index contributed by atoms with van der Waals surface area (Å²) in [6, 6.07) is 0.120. The Labute approximate surface area is 156 Å². The molecule has 0 saturated carbocycles. The molecule has 0 aromatic carbocycles. The first kappa shape index (κ1) is 20.3. The van der Waals surface area contributed by atoms with Crippen LogP contribution in [0.15, 0.2) is 0 Å². The monoisotopic (exact) mass is 360 g/mol. The first-order chi connectivity index (χ1) is 12.2. The average Bonchev–Trinajstić information content (AvgIpc) is 2.56. The number of amides is 2. The molecular weight excluding hydrogens is 328 g/mol. The van der Waals surface area contributed by atoms with Gasteiger partial charge in [0.2, 0.25) is 11.8 Å². The maximum atomic E-state index is 12.3. The molecule has 1 aliphatic heterocycles. The van der Waals surface area contributed by atoms with E-state index in [4.69, 9.17) is 9.97 Å². The van der Waals surface area contributed by atoms with Crippen LogP contribution < -0.4 is 5.32 Å². The summed E-state index contributed by atoms with van der Waals surface area (Å²) >= 11 is 0. The van der Waals surface area contributed by atoms with E-state index in [1.54, 1.807) is 0 Å². The molecule has 1 atom stereocenters. The molecule has 2 rings (SSSR count). The Balaban J connectivity index is 2.16. The predicted octanol–water partition coefficient (Wildman–Crippen LogP) is 2.52. The number of aromatic nitrogens is 2. The Morgan fingerprint density at radius 3 is 2.31 bits per heavy atom. The first-order valence-electron chi connectivity index (χ1n) is 9.61. The summed E-state index contributed by atoms with van der Waals surface area (Å²) in [6.07, 6.45) is 2.27. The van der Waals surface area contributed by atoms with Crippen molar-refractivity contribution in [1.29, 1.82) is 0 Å². The van der Waals surface area contributed by atoms with Gasteiger partial charge in [-0.2, -0.15) is 0 Å². The summed E-state index contributed by atoms with van der Waals surface area (Å²) in [4.78, 5) is 35.7. The zero-order valence-corrected chi connectivity index (χ0v) is 16.9. The molecule has 6 heteroatoms. The predicted molar refractivity (Wildman–Crippen MR) is 102 cm³/mol. The van der Waals surface area contributed by atoms with Crippen molar-refractivity contribution in [2.24, 2.45) is 5.92 Å². The number of carbonyl (C=O) groups is 2. The van der Waals surface area contributed by atoms with Gasteiger partial charge in [-0.05, 0) is 40.5 Å². The van der Waals surface area contributed by atoms with Crippen molar-refractivity contribution in [3.05, 3.63) is 22.8 Å². The molecule has 2 amide bonds. The Morgan fingerprint density at radius 1 is 1.15 bits per heavy atom. The summed E-state index contributed by atoms with van der Waals surface area (Å²) in [5, 5.41) is 2.91. The van der Waals surface area contributed by atoms with Gasteiger partial charge in [-0.3, -0.25) is 9.59 Å². The van der Waals surface area contributed by atoms with Crippen molar-refractivity contribution in [2.45, 2.75) is 72.8 Å². The van der Waals surface area contributed by atoms with E-state index in [0.717, 1.165) is 42.2 Å². The fraction of sp³-hybridized carbons (Fsp3) is 0.700. The number of likely N-dealkylation sites (tertiary alicyclic amines) is 1. The van der Waals surface area contributed by atoms with E-state index in [0.29, 0.717) is 13.0 Å². The van der Waals surface area contributed by atoms with Crippen molar-refractivity contribution in [3.63, 3.8) is 0 Å². The van der Waals surface area contributed by atoms with E-state index in [-0.39, 0.29) is 29.7 Å². The van der Waals surface area contributed by atoms with Gasteiger partial charge in [0.1, 0.15) is 5.82 Å². The molecule has 0 bridgehead atoms. The molecule has 1 aromatic heterocycles. The summed E-state index contributed by atoms with van der Waals surface area (Å²) in [6.45, 7) is 13.2. The highest BCUT2D eigenvalue weighted by Crippen LogP contribution is 2.26. The van der Waals surface area contributed by atoms with Crippen LogP contribution in [0.5, 0.6) is 0 Å². The van der Waals surface area contributed by atoms with Gasteiger partial charge in [-0.15, -0.1) is 0 Å². The number of hydrogen-bond acceptors (Lipinski definition) is 4. The molecule has 1 fully saturated rings. The second-order valence-corrected chi connectivity index (χ2v) is 7.91. The van der Waals surface area contributed by atoms with Gasteiger partial charge in [0.25, 0.3) is 0 Å². The largest absolute Gasteiger partial charge is 0.354 e. The third kappa shape index (κ3) is 5.02. The van der Waals surface area contributed by atoms with E-state index in [9.17, 15) is 9.59 Å². The minimum Gasteiger partial charge on any atom is -0.354 e. The van der Waals surface area contributed by atoms with E-state index in [1.165, 1.54) is 0 Å². The van der Waals surface area contributed by atoms with Gasteiger partial charge in [0.15, 0.2) is 0 Å². The summed E-state index contributed by atoms with van der Waals surface area (Å²) in [7, 11) is 0. The number of nitrogens with zero attached hydrogens (tertiary/aromatic N) is 3. The van der Waals surface area contributed by atoms with Gasteiger partial charge in [0.05, 0.1) is 6.42 Å². The van der Waals surface area contributed by atoms with Crippen molar-refractivity contribution in [2.75, 3.05) is 13.1 Å². The quantitative estimate of drug-likeness (QED) is 0.875. The summed E-state index contributed by atoms with van der Waals surface area (Å²) in [5.74, 6) is 1.18. The summed E-state index contributed by atoms with van der Waals surface area (Å²) in [5.41, 5.74) is 2.62. The Bertz CT molecular complexity index is 647. The van der Waals surface area contributed by atoms with Crippen molar-refractivity contribution < 1.29 is 9.59 Å². The van der Waals surface area contributed by atoms with E-state index in [2.05, 4.69) is 5.32 Å². The van der Waals surface area contributed by atoms with Crippen LogP contribution >= 0.6 is 0 Å². The van der Waals surface area contributed by atoms with Gasteiger partial charge >= 0.3 is 0 Å². The fourth-order valence-corrected chi connectivity index (χ4v) is 3.49. The zero-order valence-electron chi connectivity index (χ0n) is 16.9. The molecule has 1 aliphatic rings. The number of nitrogens with one attached hydrogen (secondary N) is 1. The van der Waals surface area contributed by atoms with Gasteiger partial charge in [-0.1, -0.05) is 13.8 Å². The topological polar surface area (TPSA) is 75.2 Å². The van der Waals surface area contributed by atoms with Crippen LogP contribution in [-0.4, -0.2) is 45.8 Å². The lowest BCUT2D eigenvalue weighted by Crippen LogP contribution is -2.41. The lowest BCUT2D eigenvalue weighted by Gasteiger charge is -2.33. The van der Waals surface area contributed by atoms with Gasteiger partial charge in [-0.25, -0.2) is 9.97 Å². The number of hydrogen-bond donors (Lipinski definition) is 1. The lowest BCUT2D eigenvalue weighted by atomic mass is 9.95. The first-order valence-corrected chi connectivity index (χ1v) is 9.61. The minimum atomic E-state index is -0.00563.